The first-order chi connectivity index (χ1) is 28.6. The fraction of sp³-hybridized carbons (Fsp3) is 0.827. The van der Waals surface area contributed by atoms with Crippen LogP contribution in [0.5, 0.6) is 0 Å². The molecule has 6 heteroatoms. The molecule has 1 fully saturated rings. The topological polar surface area (TPSA) is 90.8 Å². The lowest BCUT2D eigenvalue weighted by atomic mass is 9.98. The van der Waals surface area contributed by atoms with Crippen molar-refractivity contribution in [2.45, 2.75) is 219 Å². The molecule has 0 aromatic carbocycles. The van der Waals surface area contributed by atoms with Crippen molar-refractivity contribution in [2.75, 3.05) is 46.1 Å². The molecule has 3 atom stereocenters. The highest BCUT2D eigenvalue weighted by molar-refractivity contribution is 5.81. The number of ether oxygens (including phenoxy) is 2. The summed E-state index contributed by atoms with van der Waals surface area (Å²) >= 11 is 0. The van der Waals surface area contributed by atoms with Crippen molar-refractivity contribution in [1.29, 1.82) is 0 Å². The van der Waals surface area contributed by atoms with Crippen molar-refractivity contribution in [2.24, 2.45) is 23.3 Å². The molecule has 338 valence electrons. The summed E-state index contributed by atoms with van der Waals surface area (Å²) in [5.41, 5.74) is 12.0. The average molecular weight is 812 g/mol. The Labute approximate surface area is 360 Å². The van der Waals surface area contributed by atoms with Crippen molar-refractivity contribution >= 4 is 5.91 Å². The van der Waals surface area contributed by atoms with E-state index in [1.807, 2.05) is 4.90 Å². The molecule has 0 bridgehead atoms. The first kappa shape index (κ1) is 54.3. The fourth-order valence-electron chi connectivity index (χ4n) is 7.92. The second kappa shape index (κ2) is 43.4. The third-order valence-corrected chi connectivity index (χ3v) is 11.8. The van der Waals surface area contributed by atoms with Gasteiger partial charge in [-0.3, -0.25) is 4.79 Å². The smallest absolute Gasteiger partial charge is 0.239 e. The summed E-state index contributed by atoms with van der Waals surface area (Å²) in [4.78, 5) is 15.2. The van der Waals surface area contributed by atoms with Gasteiger partial charge in [-0.1, -0.05) is 172 Å². The number of unbranched alkanes of at least 4 members (excludes halogenated alkanes) is 23. The summed E-state index contributed by atoms with van der Waals surface area (Å²) in [6.07, 6.45) is 57.0. The zero-order valence-electron chi connectivity index (χ0n) is 38.5. The van der Waals surface area contributed by atoms with Gasteiger partial charge in [-0.15, -0.1) is 0 Å². The SMILES string of the molecule is CCCCC/C=C\C/C=C\CCCCCCCCCCOCC1CN(C(=O)[C@@H](N)CCCCN)C[C@H]1COCCCCCCCCCC/C=C\C/C=C\CCCCC. The lowest BCUT2D eigenvalue weighted by molar-refractivity contribution is -0.132. The minimum atomic E-state index is -0.434. The van der Waals surface area contributed by atoms with Crippen LogP contribution in [0.1, 0.15) is 213 Å². The normalized spacial score (nSPS) is 16.7. The number of allylic oxidation sites excluding steroid dienone is 8. The van der Waals surface area contributed by atoms with E-state index in [-0.39, 0.29) is 5.91 Å². The van der Waals surface area contributed by atoms with E-state index in [0.717, 1.165) is 64.8 Å². The average Bonchev–Trinajstić information content (AvgIpc) is 3.64. The summed E-state index contributed by atoms with van der Waals surface area (Å²) in [5, 5.41) is 0. The Morgan fingerprint density at radius 3 is 1.26 bits per heavy atom. The first-order valence-electron chi connectivity index (χ1n) is 25.1. The molecule has 0 aliphatic carbocycles. The molecule has 1 aliphatic rings. The van der Waals surface area contributed by atoms with Crippen molar-refractivity contribution in [3.63, 3.8) is 0 Å². The van der Waals surface area contributed by atoms with E-state index < -0.39 is 6.04 Å². The van der Waals surface area contributed by atoms with Gasteiger partial charge in [0.15, 0.2) is 0 Å². The van der Waals surface area contributed by atoms with E-state index >= 15 is 0 Å². The van der Waals surface area contributed by atoms with Crippen molar-refractivity contribution in [1.82, 2.24) is 4.90 Å². The predicted octanol–water partition coefficient (Wildman–Crippen LogP) is 13.7. The van der Waals surface area contributed by atoms with Gasteiger partial charge in [0, 0.05) is 38.1 Å². The Kier molecular flexibility index (Phi) is 40.6. The zero-order valence-corrected chi connectivity index (χ0v) is 38.5. The highest BCUT2D eigenvalue weighted by Gasteiger charge is 2.36. The van der Waals surface area contributed by atoms with Gasteiger partial charge in [0.05, 0.1) is 19.3 Å². The number of hydrogen-bond donors (Lipinski definition) is 2. The molecule has 1 heterocycles. The molecule has 1 saturated heterocycles. The molecule has 0 saturated carbocycles. The summed E-state index contributed by atoms with van der Waals surface area (Å²) in [5.74, 6) is 0.712. The van der Waals surface area contributed by atoms with E-state index in [1.165, 1.54) is 154 Å². The number of hydrogen-bond acceptors (Lipinski definition) is 5. The van der Waals surface area contributed by atoms with Crippen LogP contribution in [0.15, 0.2) is 48.6 Å². The Balaban J connectivity index is 2.16. The summed E-state index contributed by atoms with van der Waals surface area (Å²) in [7, 11) is 0. The second-order valence-corrected chi connectivity index (χ2v) is 17.4. The van der Waals surface area contributed by atoms with Crippen LogP contribution in [0.2, 0.25) is 0 Å². The number of nitrogens with two attached hydrogens (primary N) is 2. The molecule has 1 rings (SSSR count). The monoisotopic (exact) mass is 812 g/mol. The maximum atomic E-state index is 13.2. The van der Waals surface area contributed by atoms with Gasteiger partial charge >= 0.3 is 0 Å². The van der Waals surface area contributed by atoms with Crippen LogP contribution < -0.4 is 11.5 Å². The van der Waals surface area contributed by atoms with Gasteiger partial charge in [0.2, 0.25) is 5.91 Å². The maximum absolute atomic E-state index is 13.2. The highest BCUT2D eigenvalue weighted by Crippen LogP contribution is 2.26. The van der Waals surface area contributed by atoms with Gasteiger partial charge in [-0.2, -0.15) is 0 Å². The third-order valence-electron chi connectivity index (χ3n) is 11.8. The predicted molar refractivity (Wildman–Crippen MR) is 253 cm³/mol. The Morgan fingerprint density at radius 1 is 0.517 bits per heavy atom. The summed E-state index contributed by atoms with van der Waals surface area (Å²) in [6.45, 7) is 9.67. The number of nitrogens with zero attached hydrogens (tertiary/aromatic N) is 1. The molecule has 1 aliphatic heterocycles. The van der Waals surface area contributed by atoms with E-state index in [2.05, 4.69) is 62.5 Å². The molecular formula is C52H97N3O3. The number of amides is 1. The minimum Gasteiger partial charge on any atom is -0.381 e. The lowest BCUT2D eigenvalue weighted by Crippen LogP contribution is -2.43. The molecule has 1 unspecified atom stereocenters. The molecule has 0 radical (unpaired) electrons. The first-order valence-corrected chi connectivity index (χ1v) is 25.1. The zero-order chi connectivity index (χ0) is 41.8. The molecular weight excluding hydrogens is 715 g/mol. The van der Waals surface area contributed by atoms with Gasteiger partial charge in [0.25, 0.3) is 0 Å². The van der Waals surface area contributed by atoms with E-state index in [4.69, 9.17) is 20.9 Å². The van der Waals surface area contributed by atoms with Crippen LogP contribution in [-0.2, 0) is 14.3 Å². The second-order valence-electron chi connectivity index (χ2n) is 17.4. The van der Waals surface area contributed by atoms with E-state index in [0.29, 0.717) is 38.0 Å². The van der Waals surface area contributed by atoms with Crippen LogP contribution in [-0.4, -0.2) is 62.9 Å². The van der Waals surface area contributed by atoms with Crippen LogP contribution in [0.4, 0.5) is 0 Å². The molecule has 1 amide bonds. The van der Waals surface area contributed by atoms with Gasteiger partial charge in [0.1, 0.15) is 0 Å². The van der Waals surface area contributed by atoms with Gasteiger partial charge < -0.3 is 25.8 Å². The number of likely N-dealkylation sites (tertiary alicyclic amines) is 1. The molecule has 0 aromatic heterocycles. The van der Waals surface area contributed by atoms with Crippen LogP contribution in [0.3, 0.4) is 0 Å². The Hall–Kier alpha value is -1.73. The number of carbonyl (C=O) groups excluding carboxylic acids is 1. The van der Waals surface area contributed by atoms with Crippen molar-refractivity contribution < 1.29 is 14.3 Å². The molecule has 4 N–H and O–H groups in total. The van der Waals surface area contributed by atoms with Crippen LogP contribution >= 0.6 is 0 Å². The lowest BCUT2D eigenvalue weighted by Gasteiger charge is -2.21. The molecule has 6 nitrogen and oxygen atoms in total. The van der Waals surface area contributed by atoms with Gasteiger partial charge in [-0.25, -0.2) is 0 Å². The quantitative estimate of drug-likeness (QED) is 0.0473. The highest BCUT2D eigenvalue weighted by atomic mass is 16.5. The van der Waals surface area contributed by atoms with Gasteiger partial charge in [-0.05, 0) is 96.4 Å². The Bertz CT molecular complexity index is 930. The molecule has 0 spiro atoms. The number of carbonyl (C=O) groups is 1. The largest absolute Gasteiger partial charge is 0.381 e. The van der Waals surface area contributed by atoms with E-state index in [9.17, 15) is 4.79 Å². The molecule has 58 heavy (non-hydrogen) atoms. The summed E-state index contributed by atoms with van der Waals surface area (Å²) in [6, 6.07) is -0.434. The fourth-order valence-corrected chi connectivity index (χ4v) is 7.92. The number of rotatable bonds is 43. The minimum absolute atomic E-state index is 0.0827. The van der Waals surface area contributed by atoms with Crippen LogP contribution in [0.25, 0.3) is 0 Å². The van der Waals surface area contributed by atoms with E-state index in [1.54, 1.807) is 0 Å². The maximum Gasteiger partial charge on any atom is 0.239 e. The summed E-state index contributed by atoms with van der Waals surface area (Å²) < 4.78 is 12.5. The van der Waals surface area contributed by atoms with Crippen LogP contribution in [0, 0.1) is 11.8 Å². The molecule has 0 aromatic rings. The third kappa shape index (κ3) is 34.0. The standard InChI is InChI=1S/C52H97N3O3/c1-3-5-7-9-11-13-15-17-19-21-23-25-27-29-31-33-35-39-43-57-47-49-45-55(52(56)51(54)41-37-38-42-53)46-50(49)48-58-44-40-36-34-32-30-28-26-24-22-20-18-16-14-12-10-8-6-4-2/h11-14,17-20,49-51H,3-10,15-16,21-48,53-54H2,1-2H3/b13-11-,14-12-,19-17-,20-18-/t49-,50?,51-/m0/s1. The van der Waals surface area contributed by atoms with Crippen molar-refractivity contribution in [3.8, 4) is 0 Å². The van der Waals surface area contributed by atoms with Crippen molar-refractivity contribution in [3.05, 3.63) is 48.6 Å². The Morgan fingerprint density at radius 2 is 0.879 bits per heavy atom.